The van der Waals surface area contributed by atoms with Crippen molar-refractivity contribution in [2.75, 3.05) is 19.6 Å². The van der Waals surface area contributed by atoms with Crippen molar-refractivity contribution in [1.29, 1.82) is 0 Å². The Kier molecular flexibility index (Phi) is 7.82. The molecule has 0 saturated carbocycles. The van der Waals surface area contributed by atoms with Crippen molar-refractivity contribution in [3.63, 3.8) is 0 Å². The van der Waals surface area contributed by atoms with Gasteiger partial charge < -0.3 is 10.1 Å². The van der Waals surface area contributed by atoms with Crippen molar-refractivity contribution >= 4 is 46.7 Å². The highest BCUT2D eigenvalue weighted by Gasteiger charge is 2.46. The zero-order valence-electron chi connectivity index (χ0n) is 19.0. The number of likely N-dealkylation sites (tertiary alicyclic amines) is 1. The largest absolute Gasteiger partial charge is 0.435 e. The van der Waals surface area contributed by atoms with E-state index in [-0.39, 0.29) is 60.4 Å². The van der Waals surface area contributed by atoms with Gasteiger partial charge in [0.1, 0.15) is 5.75 Å². The topological polar surface area (TPSA) is 113 Å². The van der Waals surface area contributed by atoms with E-state index in [2.05, 4.69) is 10.1 Å². The summed E-state index contributed by atoms with van der Waals surface area (Å²) in [4.78, 5) is 64.3. The van der Waals surface area contributed by atoms with E-state index in [0.717, 1.165) is 21.6 Å². The number of halogens is 2. The lowest BCUT2D eigenvalue weighted by Gasteiger charge is -2.15. The van der Waals surface area contributed by atoms with Gasteiger partial charge in [0.25, 0.3) is 11.1 Å². The number of nitrogens with one attached hydrogen (secondary N) is 1. The number of hydrogen-bond donors (Lipinski definition) is 1. The number of benzene rings is 1. The molecule has 0 aromatic heterocycles. The van der Waals surface area contributed by atoms with Crippen molar-refractivity contribution in [2.24, 2.45) is 11.8 Å². The normalized spacial score (nSPS) is 22.7. The summed E-state index contributed by atoms with van der Waals surface area (Å²) in [5.41, 5.74) is 0.525. The Bertz CT molecular complexity index is 1110. The Balaban J connectivity index is 1.23. The van der Waals surface area contributed by atoms with E-state index < -0.39 is 23.7 Å². The molecule has 1 aromatic rings. The van der Waals surface area contributed by atoms with Crippen LogP contribution in [0, 0.1) is 11.8 Å². The van der Waals surface area contributed by atoms with Gasteiger partial charge in [0.2, 0.25) is 17.7 Å². The fourth-order valence-corrected chi connectivity index (χ4v) is 5.15. The number of ether oxygens (including phenoxy) is 1. The zero-order valence-corrected chi connectivity index (χ0v) is 19.8. The molecule has 5 amide bonds. The van der Waals surface area contributed by atoms with Gasteiger partial charge in [0.05, 0.1) is 16.7 Å². The maximum absolute atomic E-state index is 12.6. The van der Waals surface area contributed by atoms with Gasteiger partial charge in [-0.05, 0) is 48.4 Å². The quantitative estimate of drug-likeness (QED) is 0.303. The smallest absolute Gasteiger partial charge is 0.387 e. The monoisotopic (exact) mass is 519 g/mol. The molecule has 2 fully saturated rings. The summed E-state index contributed by atoms with van der Waals surface area (Å²) in [7, 11) is 0. The molecule has 12 heteroatoms. The predicted molar refractivity (Wildman–Crippen MR) is 125 cm³/mol. The average molecular weight is 520 g/mol. The molecule has 9 nitrogen and oxygen atoms in total. The number of carbonyl (C=O) groups is 5. The molecule has 1 aliphatic carbocycles. The van der Waals surface area contributed by atoms with E-state index in [9.17, 15) is 32.8 Å². The van der Waals surface area contributed by atoms with Gasteiger partial charge in [0, 0.05) is 26.1 Å². The molecule has 36 heavy (non-hydrogen) atoms. The second-order valence-corrected chi connectivity index (χ2v) is 9.36. The minimum Gasteiger partial charge on any atom is -0.435 e. The van der Waals surface area contributed by atoms with Crippen LogP contribution in [0.1, 0.15) is 24.8 Å². The van der Waals surface area contributed by atoms with Crippen LogP contribution in [0.2, 0.25) is 0 Å². The van der Waals surface area contributed by atoms with Crippen molar-refractivity contribution in [3.05, 3.63) is 46.9 Å². The van der Waals surface area contributed by atoms with E-state index in [1.165, 1.54) is 30.3 Å². The minimum absolute atomic E-state index is 0.0119. The lowest BCUT2D eigenvalue weighted by atomic mass is 9.85. The van der Waals surface area contributed by atoms with Crippen LogP contribution in [-0.4, -0.2) is 64.9 Å². The Morgan fingerprint density at radius 1 is 1.03 bits per heavy atom. The number of hydrogen-bond acceptors (Lipinski definition) is 7. The first-order valence-electron chi connectivity index (χ1n) is 11.3. The molecule has 3 aliphatic rings. The minimum atomic E-state index is -2.94. The van der Waals surface area contributed by atoms with E-state index in [4.69, 9.17) is 0 Å². The number of thioether (sulfide) groups is 1. The molecule has 4 rings (SSSR count). The highest BCUT2D eigenvalue weighted by Crippen LogP contribution is 2.35. The van der Waals surface area contributed by atoms with Crippen molar-refractivity contribution in [3.8, 4) is 5.75 Å². The van der Waals surface area contributed by atoms with Gasteiger partial charge in [-0.2, -0.15) is 8.78 Å². The number of rotatable bonds is 9. The first-order valence-corrected chi connectivity index (χ1v) is 12.1. The number of alkyl halides is 2. The Morgan fingerprint density at radius 2 is 1.67 bits per heavy atom. The molecule has 0 spiro atoms. The van der Waals surface area contributed by atoms with E-state index in [1.54, 1.807) is 0 Å². The van der Waals surface area contributed by atoms with Crippen LogP contribution in [0.15, 0.2) is 41.3 Å². The highest BCUT2D eigenvalue weighted by atomic mass is 32.2. The van der Waals surface area contributed by atoms with Gasteiger partial charge in [-0.1, -0.05) is 24.3 Å². The Labute approximate surface area is 209 Å². The maximum atomic E-state index is 12.6. The van der Waals surface area contributed by atoms with Crippen LogP contribution in [0.25, 0.3) is 6.08 Å². The second kappa shape index (κ2) is 11.0. The fourth-order valence-electron chi connectivity index (χ4n) is 4.29. The summed E-state index contributed by atoms with van der Waals surface area (Å²) in [6, 6.07) is 5.61. The summed E-state index contributed by atoms with van der Waals surface area (Å²) in [5, 5.41) is 2.11. The van der Waals surface area contributed by atoms with E-state index >= 15 is 0 Å². The van der Waals surface area contributed by atoms with Crippen LogP contribution >= 0.6 is 11.8 Å². The number of imide groups is 2. The molecule has 2 unspecified atom stereocenters. The van der Waals surface area contributed by atoms with Gasteiger partial charge in [-0.25, -0.2) is 0 Å². The predicted octanol–water partition coefficient (Wildman–Crippen LogP) is 2.78. The first kappa shape index (κ1) is 25.5. The SMILES string of the molecule is O=C(CCN1C(=O)C2CC=CCC2C1=O)NCCN1C(=O)SC(=Cc2ccc(OC(F)F)cc2)C1=O. The van der Waals surface area contributed by atoms with Crippen LogP contribution < -0.4 is 10.1 Å². The molecule has 0 bridgehead atoms. The number of amides is 5. The summed E-state index contributed by atoms with van der Waals surface area (Å²) in [5.74, 6) is -2.15. The van der Waals surface area contributed by atoms with Crippen LogP contribution in [0.4, 0.5) is 13.6 Å². The molecule has 2 saturated heterocycles. The number of allylic oxidation sites excluding steroid dienone is 2. The summed E-state index contributed by atoms with van der Waals surface area (Å²) >= 11 is 0.735. The van der Waals surface area contributed by atoms with Crippen LogP contribution in [0.3, 0.4) is 0 Å². The third kappa shape index (κ3) is 5.64. The Hall–Kier alpha value is -3.54. The average Bonchev–Trinajstić information content (AvgIpc) is 3.25. The summed E-state index contributed by atoms with van der Waals surface area (Å²) in [6.07, 6.45) is 6.24. The van der Waals surface area contributed by atoms with Gasteiger partial charge in [0.15, 0.2) is 0 Å². The fraction of sp³-hybridized carbons (Fsp3) is 0.375. The lowest BCUT2D eigenvalue weighted by Crippen LogP contribution is -2.39. The van der Waals surface area contributed by atoms with Crippen molar-refractivity contribution in [2.45, 2.75) is 25.9 Å². The molecule has 2 aliphatic heterocycles. The summed E-state index contributed by atoms with van der Waals surface area (Å²) in [6.45, 7) is -2.99. The molecule has 1 N–H and O–H groups in total. The highest BCUT2D eigenvalue weighted by molar-refractivity contribution is 8.18. The van der Waals surface area contributed by atoms with Crippen LogP contribution in [-0.2, 0) is 19.2 Å². The Morgan fingerprint density at radius 3 is 2.28 bits per heavy atom. The van der Waals surface area contributed by atoms with Gasteiger partial charge >= 0.3 is 6.61 Å². The zero-order chi connectivity index (χ0) is 25.8. The van der Waals surface area contributed by atoms with Gasteiger partial charge in [-0.3, -0.25) is 33.8 Å². The summed E-state index contributed by atoms with van der Waals surface area (Å²) < 4.78 is 28.8. The third-order valence-corrected chi connectivity index (χ3v) is 7.00. The molecule has 0 radical (unpaired) electrons. The maximum Gasteiger partial charge on any atom is 0.387 e. The van der Waals surface area contributed by atoms with Crippen LogP contribution in [0.5, 0.6) is 5.75 Å². The second-order valence-electron chi connectivity index (χ2n) is 8.36. The molecule has 190 valence electrons. The molecule has 2 atom stereocenters. The van der Waals surface area contributed by atoms with E-state index in [1.807, 2.05) is 12.2 Å². The molecular formula is C24H23F2N3O6S. The van der Waals surface area contributed by atoms with Crippen molar-refractivity contribution < 1.29 is 37.5 Å². The number of carbonyl (C=O) groups excluding carboxylic acids is 5. The third-order valence-electron chi connectivity index (χ3n) is 6.10. The standard InChI is InChI=1S/C24H23F2N3O6S/c25-23(26)35-15-7-5-14(6-8-15)13-18-22(33)29(24(34)36-18)12-10-27-19(30)9-11-28-20(31)16-3-1-2-4-17(16)21(28)32/h1-2,5-8,13,16-17,23H,3-4,9-12H2,(H,27,30). The number of nitrogens with zero attached hydrogens (tertiary/aromatic N) is 2. The number of fused-ring (bicyclic) bond motifs is 1. The first-order chi connectivity index (χ1) is 17.2. The lowest BCUT2D eigenvalue weighted by molar-refractivity contribution is -0.140. The molecular weight excluding hydrogens is 496 g/mol. The molecule has 2 heterocycles. The van der Waals surface area contributed by atoms with Gasteiger partial charge in [-0.15, -0.1) is 0 Å². The van der Waals surface area contributed by atoms with E-state index in [0.29, 0.717) is 18.4 Å². The van der Waals surface area contributed by atoms with Crippen molar-refractivity contribution in [1.82, 2.24) is 15.1 Å². The molecule has 1 aromatic carbocycles.